The number of nitrogens with zero attached hydrogens (tertiary/aromatic N) is 1. The van der Waals surface area contributed by atoms with Crippen LogP contribution in [0, 0.1) is 0 Å². The van der Waals surface area contributed by atoms with Crippen LogP contribution in [0.1, 0.15) is 32.1 Å². The normalized spacial score (nSPS) is 15.5. The molecule has 2 rings (SSSR count). The maximum Gasteiger partial charge on any atom is 0.317 e. The van der Waals surface area contributed by atoms with Crippen molar-refractivity contribution < 1.29 is 14.6 Å². The van der Waals surface area contributed by atoms with Crippen molar-refractivity contribution >= 4 is 17.6 Å². The summed E-state index contributed by atoms with van der Waals surface area (Å²) in [5.41, 5.74) is 0. The van der Waals surface area contributed by atoms with Gasteiger partial charge in [0.1, 0.15) is 5.75 Å². The Morgan fingerprint density at radius 1 is 1.29 bits per heavy atom. The molecule has 1 N–H and O–H groups in total. The predicted octanol–water partition coefficient (Wildman–Crippen LogP) is 3.44. The zero-order chi connectivity index (χ0) is 15.1. The van der Waals surface area contributed by atoms with E-state index in [0.29, 0.717) is 17.7 Å². The third kappa shape index (κ3) is 5.56. The lowest BCUT2D eigenvalue weighted by Crippen LogP contribution is -2.38. The van der Waals surface area contributed by atoms with E-state index in [1.165, 1.54) is 12.8 Å². The highest BCUT2D eigenvalue weighted by Gasteiger charge is 2.23. The van der Waals surface area contributed by atoms with Crippen molar-refractivity contribution in [2.45, 2.75) is 38.1 Å². The molecular formula is C16H22ClNO3. The molecule has 1 aliphatic carbocycles. The van der Waals surface area contributed by atoms with Crippen molar-refractivity contribution in [3.8, 4) is 5.75 Å². The topological polar surface area (TPSA) is 49.8 Å². The first-order chi connectivity index (χ1) is 10.1. The number of hydrogen-bond acceptors (Lipinski definition) is 3. The molecule has 5 heteroatoms. The largest absolute Gasteiger partial charge is 0.494 e. The van der Waals surface area contributed by atoms with Crippen LogP contribution in [-0.4, -0.2) is 41.7 Å². The number of rotatable bonds is 8. The van der Waals surface area contributed by atoms with E-state index in [1.54, 1.807) is 12.1 Å². The Balaban J connectivity index is 1.73. The summed E-state index contributed by atoms with van der Waals surface area (Å²) in [5.74, 6) is 0.0468. The second-order valence-corrected chi connectivity index (χ2v) is 5.89. The number of hydrogen-bond donors (Lipinski definition) is 1. The lowest BCUT2D eigenvalue weighted by Gasteiger charge is -2.26. The maximum atomic E-state index is 11.0. The molecule has 21 heavy (non-hydrogen) atoms. The maximum absolute atomic E-state index is 11.0. The number of halogens is 1. The van der Waals surface area contributed by atoms with Crippen LogP contribution in [0.15, 0.2) is 24.3 Å². The minimum atomic E-state index is -0.750. The molecule has 0 spiro atoms. The van der Waals surface area contributed by atoms with Gasteiger partial charge in [-0.25, -0.2) is 0 Å². The van der Waals surface area contributed by atoms with Gasteiger partial charge in [0.25, 0.3) is 0 Å². The van der Waals surface area contributed by atoms with E-state index in [0.717, 1.165) is 31.6 Å². The molecule has 0 unspecified atom stereocenters. The Kier molecular flexibility index (Phi) is 6.33. The third-order valence-corrected chi connectivity index (χ3v) is 4.10. The average Bonchev–Trinajstić information content (AvgIpc) is 2.98. The molecule has 1 aliphatic rings. The van der Waals surface area contributed by atoms with Crippen molar-refractivity contribution in [2.75, 3.05) is 19.7 Å². The Bertz CT molecular complexity index is 443. The Hall–Kier alpha value is -1.26. The smallest absolute Gasteiger partial charge is 0.317 e. The van der Waals surface area contributed by atoms with Crippen molar-refractivity contribution in [3.05, 3.63) is 29.3 Å². The lowest BCUT2D eigenvalue weighted by atomic mass is 10.2. The van der Waals surface area contributed by atoms with Gasteiger partial charge in [0.05, 0.1) is 13.2 Å². The molecule has 1 aromatic rings. The van der Waals surface area contributed by atoms with Crippen molar-refractivity contribution in [1.82, 2.24) is 4.90 Å². The summed E-state index contributed by atoms with van der Waals surface area (Å²) >= 11 is 5.82. The Labute approximate surface area is 130 Å². The zero-order valence-electron chi connectivity index (χ0n) is 12.1. The van der Waals surface area contributed by atoms with Gasteiger partial charge in [0.15, 0.2) is 0 Å². The minimum Gasteiger partial charge on any atom is -0.494 e. The summed E-state index contributed by atoms with van der Waals surface area (Å²) in [7, 11) is 0. The van der Waals surface area contributed by atoms with Gasteiger partial charge in [-0.05, 0) is 43.5 Å². The van der Waals surface area contributed by atoms with Gasteiger partial charge in [-0.2, -0.15) is 0 Å². The summed E-state index contributed by atoms with van der Waals surface area (Å²) in [6.45, 7) is 1.49. The molecule has 0 radical (unpaired) electrons. The van der Waals surface area contributed by atoms with E-state index < -0.39 is 5.97 Å². The third-order valence-electron chi connectivity index (χ3n) is 3.85. The molecular weight excluding hydrogens is 290 g/mol. The van der Waals surface area contributed by atoms with E-state index in [1.807, 2.05) is 12.1 Å². The fourth-order valence-corrected chi connectivity index (χ4v) is 2.95. The lowest BCUT2D eigenvalue weighted by molar-refractivity contribution is -0.139. The SMILES string of the molecule is O=C(O)CN(CCCOc1ccc(Cl)cc1)C1CCCC1. The molecule has 0 amide bonds. The summed E-state index contributed by atoms with van der Waals surface area (Å²) < 4.78 is 5.65. The fraction of sp³-hybridized carbons (Fsp3) is 0.562. The first kappa shape index (κ1) is 16.1. The molecule has 0 bridgehead atoms. The van der Waals surface area contributed by atoms with Crippen LogP contribution >= 0.6 is 11.6 Å². The van der Waals surface area contributed by atoms with Crippen LogP contribution in [-0.2, 0) is 4.79 Å². The van der Waals surface area contributed by atoms with Crippen LogP contribution in [0.3, 0.4) is 0 Å². The summed E-state index contributed by atoms with van der Waals surface area (Å²) in [4.78, 5) is 13.1. The summed E-state index contributed by atoms with van der Waals surface area (Å²) in [6.07, 6.45) is 5.48. The molecule has 1 fully saturated rings. The van der Waals surface area contributed by atoms with E-state index in [-0.39, 0.29) is 6.54 Å². The standard InChI is InChI=1S/C16H22ClNO3/c17-13-6-8-15(9-7-13)21-11-3-10-18(12-16(19)20)14-4-1-2-5-14/h6-9,14H,1-5,10-12H2,(H,19,20). The van der Waals surface area contributed by atoms with Crippen LogP contribution in [0.25, 0.3) is 0 Å². The molecule has 0 aliphatic heterocycles. The number of carbonyl (C=O) groups is 1. The molecule has 0 heterocycles. The predicted molar refractivity (Wildman–Crippen MR) is 83.0 cm³/mol. The Morgan fingerprint density at radius 2 is 1.95 bits per heavy atom. The fourth-order valence-electron chi connectivity index (χ4n) is 2.82. The van der Waals surface area contributed by atoms with Gasteiger partial charge in [-0.15, -0.1) is 0 Å². The number of ether oxygens (including phenoxy) is 1. The number of carboxylic acids is 1. The van der Waals surface area contributed by atoms with Crippen LogP contribution in [0.2, 0.25) is 5.02 Å². The van der Waals surface area contributed by atoms with Gasteiger partial charge in [-0.3, -0.25) is 9.69 Å². The number of aliphatic carboxylic acids is 1. The quantitative estimate of drug-likeness (QED) is 0.747. The van der Waals surface area contributed by atoms with Crippen molar-refractivity contribution in [2.24, 2.45) is 0 Å². The van der Waals surface area contributed by atoms with E-state index >= 15 is 0 Å². The minimum absolute atomic E-state index is 0.131. The molecule has 0 atom stereocenters. The van der Waals surface area contributed by atoms with Crippen molar-refractivity contribution in [1.29, 1.82) is 0 Å². The summed E-state index contributed by atoms with van der Waals surface area (Å²) in [6, 6.07) is 7.71. The second kappa shape index (κ2) is 8.25. The van der Waals surface area contributed by atoms with Gasteiger partial charge < -0.3 is 9.84 Å². The highest BCUT2D eigenvalue weighted by molar-refractivity contribution is 6.30. The molecule has 1 aromatic carbocycles. The second-order valence-electron chi connectivity index (χ2n) is 5.46. The zero-order valence-corrected chi connectivity index (χ0v) is 12.9. The van der Waals surface area contributed by atoms with Crippen LogP contribution < -0.4 is 4.74 Å². The number of benzene rings is 1. The van der Waals surface area contributed by atoms with Gasteiger partial charge >= 0.3 is 5.97 Å². The van der Waals surface area contributed by atoms with Crippen molar-refractivity contribution in [3.63, 3.8) is 0 Å². The number of carboxylic acid groups (broad SMARTS) is 1. The van der Waals surface area contributed by atoms with Crippen LogP contribution in [0.4, 0.5) is 0 Å². The molecule has 0 aromatic heterocycles. The molecule has 4 nitrogen and oxygen atoms in total. The summed E-state index contributed by atoms with van der Waals surface area (Å²) in [5, 5.41) is 9.71. The molecule has 116 valence electrons. The highest BCUT2D eigenvalue weighted by Crippen LogP contribution is 2.23. The molecule has 1 saturated carbocycles. The highest BCUT2D eigenvalue weighted by atomic mass is 35.5. The van der Waals surface area contributed by atoms with Crippen LogP contribution in [0.5, 0.6) is 5.75 Å². The first-order valence-corrected chi connectivity index (χ1v) is 7.87. The monoisotopic (exact) mass is 311 g/mol. The average molecular weight is 312 g/mol. The molecule has 0 saturated heterocycles. The van der Waals surface area contributed by atoms with Gasteiger partial charge in [0.2, 0.25) is 0 Å². The van der Waals surface area contributed by atoms with E-state index in [2.05, 4.69) is 4.90 Å². The van der Waals surface area contributed by atoms with E-state index in [9.17, 15) is 4.79 Å². The van der Waals surface area contributed by atoms with Gasteiger partial charge in [0, 0.05) is 17.6 Å². The Morgan fingerprint density at radius 3 is 2.57 bits per heavy atom. The van der Waals surface area contributed by atoms with Gasteiger partial charge in [-0.1, -0.05) is 24.4 Å². The first-order valence-electron chi connectivity index (χ1n) is 7.49. The van der Waals surface area contributed by atoms with E-state index in [4.69, 9.17) is 21.4 Å².